The Kier molecular flexibility index (Phi) is 5.05. The summed E-state index contributed by atoms with van der Waals surface area (Å²) in [6, 6.07) is 6.23. The SMILES string of the molecule is CSc1nnc(S[C@H](C)C(=O)Nc2ccc3c(c2)CCC3)s1. The molecule has 1 heterocycles. The van der Waals surface area contributed by atoms with Crippen molar-refractivity contribution < 1.29 is 4.79 Å². The Labute approximate surface area is 142 Å². The number of nitrogens with zero attached hydrogens (tertiary/aromatic N) is 2. The molecule has 4 nitrogen and oxygen atoms in total. The van der Waals surface area contributed by atoms with Crippen LogP contribution in [0.4, 0.5) is 5.69 Å². The first kappa shape index (κ1) is 15.8. The molecule has 3 rings (SSSR count). The van der Waals surface area contributed by atoms with E-state index in [1.807, 2.05) is 19.2 Å². The second-order valence-corrected chi connectivity index (χ2v) is 8.74. The van der Waals surface area contributed by atoms with Gasteiger partial charge in [-0.25, -0.2) is 0 Å². The van der Waals surface area contributed by atoms with Crippen molar-refractivity contribution in [3.05, 3.63) is 29.3 Å². The molecule has 1 aliphatic carbocycles. The number of carbonyl (C=O) groups excluding carboxylic acids is 1. The van der Waals surface area contributed by atoms with Crippen LogP contribution in [0.15, 0.2) is 26.9 Å². The van der Waals surface area contributed by atoms with Gasteiger partial charge in [-0.05, 0) is 55.7 Å². The number of carbonyl (C=O) groups is 1. The van der Waals surface area contributed by atoms with Crippen molar-refractivity contribution >= 4 is 46.5 Å². The predicted molar refractivity (Wildman–Crippen MR) is 94.1 cm³/mol. The molecule has 1 aromatic carbocycles. The van der Waals surface area contributed by atoms with Crippen LogP contribution in [-0.4, -0.2) is 27.6 Å². The van der Waals surface area contributed by atoms with E-state index in [2.05, 4.69) is 27.6 Å². The van der Waals surface area contributed by atoms with E-state index < -0.39 is 0 Å². The van der Waals surface area contributed by atoms with E-state index in [1.54, 1.807) is 11.8 Å². The fourth-order valence-electron chi connectivity index (χ4n) is 2.43. The van der Waals surface area contributed by atoms with Gasteiger partial charge in [-0.2, -0.15) is 0 Å². The van der Waals surface area contributed by atoms with E-state index in [0.29, 0.717) is 0 Å². The van der Waals surface area contributed by atoms with E-state index >= 15 is 0 Å². The predicted octanol–water partition coefficient (Wildman–Crippen LogP) is 3.87. The highest BCUT2D eigenvalue weighted by Gasteiger charge is 2.18. The normalized spacial score (nSPS) is 14.6. The molecule has 0 bridgehead atoms. The van der Waals surface area contributed by atoms with Gasteiger partial charge >= 0.3 is 0 Å². The van der Waals surface area contributed by atoms with Gasteiger partial charge in [0, 0.05) is 5.69 Å². The Morgan fingerprint density at radius 1 is 1.27 bits per heavy atom. The second kappa shape index (κ2) is 7.02. The van der Waals surface area contributed by atoms with Gasteiger partial charge in [0.2, 0.25) is 5.91 Å². The Bertz CT molecular complexity index is 686. The van der Waals surface area contributed by atoms with Crippen molar-refractivity contribution in [3.63, 3.8) is 0 Å². The van der Waals surface area contributed by atoms with Crippen LogP contribution < -0.4 is 5.32 Å². The highest BCUT2D eigenvalue weighted by atomic mass is 32.2. The summed E-state index contributed by atoms with van der Waals surface area (Å²) in [5.74, 6) is 0.00356. The summed E-state index contributed by atoms with van der Waals surface area (Å²) in [6.07, 6.45) is 5.46. The van der Waals surface area contributed by atoms with Crippen LogP contribution in [-0.2, 0) is 17.6 Å². The molecule has 0 unspecified atom stereocenters. The van der Waals surface area contributed by atoms with Gasteiger partial charge in [-0.15, -0.1) is 10.2 Å². The molecule has 0 saturated carbocycles. The summed E-state index contributed by atoms with van der Waals surface area (Å²) in [7, 11) is 0. The highest BCUT2D eigenvalue weighted by molar-refractivity contribution is 8.03. The van der Waals surface area contributed by atoms with Crippen LogP contribution in [0.2, 0.25) is 0 Å². The van der Waals surface area contributed by atoms with Crippen molar-refractivity contribution in [1.29, 1.82) is 0 Å². The molecule has 0 radical (unpaired) electrons. The first-order valence-corrected chi connectivity index (χ1v) is 10.0. The molecule has 0 fully saturated rings. The number of thioether (sulfide) groups is 2. The summed E-state index contributed by atoms with van der Waals surface area (Å²) in [6.45, 7) is 1.90. The molecule has 7 heteroatoms. The molecule has 1 aliphatic rings. The average molecular weight is 352 g/mol. The zero-order valence-corrected chi connectivity index (χ0v) is 14.9. The minimum Gasteiger partial charge on any atom is -0.325 e. The first-order chi connectivity index (χ1) is 10.7. The maximum Gasteiger partial charge on any atom is 0.237 e. The molecule has 1 aromatic heterocycles. The molecule has 2 aromatic rings. The lowest BCUT2D eigenvalue weighted by atomic mass is 10.1. The van der Waals surface area contributed by atoms with Gasteiger partial charge in [0.25, 0.3) is 0 Å². The Morgan fingerprint density at radius 3 is 2.82 bits per heavy atom. The molecule has 0 spiro atoms. The Morgan fingerprint density at radius 2 is 2.05 bits per heavy atom. The summed E-state index contributed by atoms with van der Waals surface area (Å²) in [4.78, 5) is 12.3. The fraction of sp³-hybridized carbons (Fsp3) is 0.400. The maximum absolute atomic E-state index is 12.3. The molecule has 1 N–H and O–H groups in total. The Hall–Kier alpha value is -1.05. The average Bonchev–Trinajstić information content (AvgIpc) is 3.15. The van der Waals surface area contributed by atoms with E-state index in [4.69, 9.17) is 0 Å². The topological polar surface area (TPSA) is 54.9 Å². The summed E-state index contributed by atoms with van der Waals surface area (Å²) >= 11 is 4.55. The summed E-state index contributed by atoms with van der Waals surface area (Å²) in [5, 5.41) is 10.9. The standard InChI is InChI=1S/C15H17N3OS3/c1-9(21-15-18-17-14(20-2)22-15)13(19)16-12-7-6-10-4-3-5-11(10)8-12/h6-9H,3-5H2,1-2H3,(H,16,19)/t9-/m1/s1. The zero-order chi connectivity index (χ0) is 15.5. The van der Waals surface area contributed by atoms with Crippen molar-refractivity contribution in [1.82, 2.24) is 10.2 Å². The number of anilines is 1. The van der Waals surface area contributed by atoms with Gasteiger partial charge < -0.3 is 5.32 Å². The molecule has 1 amide bonds. The largest absolute Gasteiger partial charge is 0.325 e. The van der Waals surface area contributed by atoms with Crippen molar-refractivity contribution in [3.8, 4) is 0 Å². The first-order valence-electron chi connectivity index (χ1n) is 7.12. The van der Waals surface area contributed by atoms with E-state index in [9.17, 15) is 4.79 Å². The number of fused-ring (bicyclic) bond motifs is 1. The number of hydrogen-bond donors (Lipinski definition) is 1. The second-order valence-electron chi connectivity index (χ2n) is 5.12. The number of amides is 1. The number of rotatable bonds is 5. The van der Waals surface area contributed by atoms with E-state index in [1.165, 1.54) is 40.6 Å². The van der Waals surface area contributed by atoms with E-state index in [-0.39, 0.29) is 11.2 Å². The van der Waals surface area contributed by atoms with Crippen molar-refractivity contribution in [2.75, 3.05) is 11.6 Å². The summed E-state index contributed by atoms with van der Waals surface area (Å²) in [5.41, 5.74) is 3.67. The van der Waals surface area contributed by atoms with Crippen LogP contribution in [0.25, 0.3) is 0 Å². The molecular formula is C15H17N3OS3. The number of hydrogen-bond acceptors (Lipinski definition) is 6. The fourth-order valence-corrected chi connectivity index (χ4v) is 5.01. The van der Waals surface area contributed by atoms with Crippen LogP contribution in [0.1, 0.15) is 24.5 Å². The molecule has 1 atom stereocenters. The lowest BCUT2D eigenvalue weighted by molar-refractivity contribution is -0.115. The molecule has 0 aliphatic heterocycles. The van der Waals surface area contributed by atoms with Crippen molar-refractivity contribution in [2.45, 2.75) is 40.1 Å². The van der Waals surface area contributed by atoms with Crippen molar-refractivity contribution in [2.24, 2.45) is 0 Å². The zero-order valence-electron chi connectivity index (χ0n) is 12.5. The minimum atomic E-state index is -0.198. The number of benzene rings is 1. The van der Waals surface area contributed by atoms with Gasteiger partial charge in [0.05, 0.1) is 5.25 Å². The van der Waals surface area contributed by atoms with Crippen LogP contribution in [0, 0.1) is 0 Å². The lowest BCUT2D eigenvalue weighted by Crippen LogP contribution is -2.22. The third kappa shape index (κ3) is 3.64. The number of nitrogens with one attached hydrogen (secondary N) is 1. The van der Waals surface area contributed by atoms with Gasteiger partial charge in [0.15, 0.2) is 8.68 Å². The third-order valence-corrected chi connectivity index (χ3v) is 6.66. The number of aryl methyl sites for hydroxylation is 2. The van der Waals surface area contributed by atoms with Crippen LogP contribution >= 0.6 is 34.9 Å². The van der Waals surface area contributed by atoms with Crippen LogP contribution in [0.3, 0.4) is 0 Å². The maximum atomic E-state index is 12.3. The number of aromatic nitrogens is 2. The van der Waals surface area contributed by atoms with Gasteiger partial charge in [-0.1, -0.05) is 40.9 Å². The van der Waals surface area contributed by atoms with E-state index in [0.717, 1.165) is 27.2 Å². The minimum absolute atomic E-state index is 0.00356. The molecular weight excluding hydrogens is 334 g/mol. The monoisotopic (exact) mass is 351 g/mol. The molecule has 116 valence electrons. The van der Waals surface area contributed by atoms with Gasteiger partial charge in [-0.3, -0.25) is 4.79 Å². The third-order valence-electron chi connectivity index (χ3n) is 3.58. The van der Waals surface area contributed by atoms with Crippen LogP contribution in [0.5, 0.6) is 0 Å². The quantitative estimate of drug-likeness (QED) is 0.829. The van der Waals surface area contributed by atoms with Gasteiger partial charge in [0.1, 0.15) is 0 Å². The molecule has 22 heavy (non-hydrogen) atoms. The highest BCUT2D eigenvalue weighted by Crippen LogP contribution is 2.31. The summed E-state index contributed by atoms with van der Waals surface area (Å²) < 4.78 is 1.76. The smallest absolute Gasteiger partial charge is 0.237 e. The molecule has 0 saturated heterocycles. The Balaban J connectivity index is 1.61. The lowest BCUT2D eigenvalue weighted by Gasteiger charge is -2.11.